The van der Waals surface area contributed by atoms with Crippen LogP contribution in [0.25, 0.3) is 6.08 Å². The molecule has 3 nitrogen and oxygen atoms in total. The Bertz CT molecular complexity index is 793. The van der Waals surface area contributed by atoms with Crippen molar-refractivity contribution in [2.24, 2.45) is 0 Å². The number of carbonyl (C=O) groups excluding carboxylic acids is 1. The maximum atomic E-state index is 12.4. The van der Waals surface area contributed by atoms with Crippen LogP contribution in [0.1, 0.15) is 15.9 Å². The molecule has 2 aromatic rings. The van der Waals surface area contributed by atoms with Gasteiger partial charge in [-0.1, -0.05) is 54.1 Å². The molecule has 21 heavy (non-hydrogen) atoms. The zero-order valence-corrected chi connectivity index (χ0v) is 12.9. The first-order chi connectivity index (χ1) is 9.88. The van der Waals surface area contributed by atoms with E-state index in [1.54, 1.807) is 54.6 Å². The van der Waals surface area contributed by atoms with Gasteiger partial charge in [0.1, 0.15) is 4.91 Å². The van der Waals surface area contributed by atoms with Gasteiger partial charge >= 0.3 is 0 Å². The molecule has 0 atom stereocenters. The topological polar surface area (TPSA) is 51.2 Å². The van der Waals surface area contributed by atoms with Crippen molar-refractivity contribution in [3.05, 3.63) is 75.7 Å². The third-order valence-electron chi connectivity index (χ3n) is 2.81. The highest BCUT2D eigenvalue weighted by Gasteiger charge is 2.21. The molecule has 0 spiro atoms. The lowest BCUT2D eigenvalue weighted by Crippen LogP contribution is -2.12. The number of rotatable bonds is 4. The van der Waals surface area contributed by atoms with Crippen LogP contribution in [-0.4, -0.2) is 20.5 Å². The van der Waals surface area contributed by atoms with E-state index in [1.807, 2.05) is 0 Å². The Labute approximate surface area is 128 Å². The lowest BCUT2D eigenvalue weighted by Gasteiger charge is -2.05. The Morgan fingerprint density at radius 1 is 1.05 bits per heavy atom. The summed E-state index contributed by atoms with van der Waals surface area (Å²) >= 11 is 5.88. The van der Waals surface area contributed by atoms with Crippen LogP contribution in [0.4, 0.5) is 0 Å². The highest BCUT2D eigenvalue weighted by Crippen LogP contribution is 2.19. The van der Waals surface area contributed by atoms with Gasteiger partial charge in [0.15, 0.2) is 9.84 Å². The summed E-state index contributed by atoms with van der Waals surface area (Å²) in [5.41, 5.74) is 0.892. The van der Waals surface area contributed by atoms with E-state index < -0.39 is 15.6 Å². The van der Waals surface area contributed by atoms with Gasteiger partial charge in [0.05, 0.1) is 0 Å². The van der Waals surface area contributed by atoms with Crippen molar-refractivity contribution in [1.82, 2.24) is 0 Å². The van der Waals surface area contributed by atoms with Crippen LogP contribution >= 0.6 is 11.6 Å². The molecular weight excluding hydrogens is 308 g/mol. The lowest BCUT2D eigenvalue weighted by molar-refractivity contribution is 0.104. The number of ketones is 1. The van der Waals surface area contributed by atoms with Gasteiger partial charge in [-0.05, 0) is 23.8 Å². The maximum Gasteiger partial charge on any atom is 0.204 e. The first-order valence-corrected chi connectivity index (χ1v) is 8.42. The zero-order chi connectivity index (χ0) is 15.5. The molecule has 108 valence electrons. The SMILES string of the molecule is CS(=O)(=O)/C(=C/c1cccc(Cl)c1)C(=O)c1ccccc1. The molecule has 0 aliphatic carbocycles. The highest BCUT2D eigenvalue weighted by atomic mass is 35.5. The molecule has 0 N–H and O–H groups in total. The van der Waals surface area contributed by atoms with E-state index in [1.165, 1.54) is 6.08 Å². The first-order valence-electron chi connectivity index (χ1n) is 6.15. The van der Waals surface area contributed by atoms with Gasteiger partial charge < -0.3 is 0 Å². The Kier molecular flexibility index (Phi) is 4.60. The van der Waals surface area contributed by atoms with E-state index in [0.717, 1.165) is 6.26 Å². The molecule has 0 aliphatic rings. The summed E-state index contributed by atoms with van der Waals surface area (Å²) in [6.45, 7) is 0. The van der Waals surface area contributed by atoms with Crippen LogP contribution < -0.4 is 0 Å². The summed E-state index contributed by atoms with van der Waals surface area (Å²) in [4.78, 5) is 12.1. The molecule has 0 saturated heterocycles. The van der Waals surface area contributed by atoms with Crippen molar-refractivity contribution >= 4 is 33.3 Å². The van der Waals surface area contributed by atoms with Gasteiger partial charge in [-0.3, -0.25) is 4.79 Å². The lowest BCUT2D eigenvalue weighted by atomic mass is 10.1. The van der Waals surface area contributed by atoms with Crippen molar-refractivity contribution < 1.29 is 13.2 Å². The number of sulfone groups is 1. The quantitative estimate of drug-likeness (QED) is 0.638. The average Bonchev–Trinajstić information content (AvgIpc) is 2.44. The van der Waals surface area contributed by atoms with E-state index >= 15 is 0 Å². The molecular formula is C16H13ClO3S. The van der Waals surface area contributed by atoms with Crippen LogP contribution in [-0.2, 0) is 9.84 Å². The number of halogens is 1. The molecule has 0 unspecified atom stereocenters. The maximum absolute atomic E-state index is 12.4. The molecule has 0 heterocycles. The number of Topliss-reactive ketones (excluding diaryl/α,β-unsaturated/α-hetero) is 1. The third-order valence-corrected chi connectivity index (χ3v) is 4.14. The van der Waals surface area contributed by atoms with E-state index in [0.29, 0.717) is 16.1 Å². The fourth-order valence-corrected chi connectivity index (χ4v) is 2.82. The number of hydrogen-bond acceptors (Lipinski definition) is 3. The van der Waals surface area contributed by atoms with E-state index in [2.05, 4.69) is 0 Å². The van der Waals surface area contributed by atoms with Crippen molar-refractivity contribution in [3.8, 4) is 0 Å². The predicted molar refractivity (Wildman–Crippen MR) is 85.0 cm³/mol. The Morgan fingerprint density at radius 3 is 2.29 bits per heavy atom. The molecule has 0 bridgehead atoms. The first kappa shape index (κ1) is 15.5. The number of carbonyl (C=O) groups is 1. The van der Waals surface area contributed by atoms with Crippen LogP contribution in [0.2, 0.25) is 5.02 Å². The number of allylic oxidation sites excluding steroid dienone is 1. The minimum Gasteiger partial charge on any atom is -0.288 e. The summed E-state index contributed by atoms with van der Waals surface area (Å²) in [5.74, 6) is -0.530. The molecule has 0 fully saturated rings. The summed E-state index contributed by atoms with van der Waals surface area (Å²) < 4.78 is 23.8. The minimum atomic E-state index is -3.65. The zero-order valence-electron chi connectivity index (χ0n) is 11.3. The molecule has 2 aromatic carbocycles. The molecule has 0 aromatic heterocycles. The Morgan fingerprint density at radius 2 is 1.71 bits per heavy atom. The smallest absolute Gasteiger partial charge is 0.204 e. The molecule has 0 aliphatic heterocycles. The molecule has 0 radical (unpaired) electrons. The van der Waals surface area contributed by atoms with Crippen molar-refractivity contribution in [2.75, 3.05) is 6.26 Å². The molecule has 5 heteroatoms. The van der Waals surface area contributed by atoms with Gasteiger partial charge in [0, 0.05) is 16.8 Å². The average molecular weight is 321 g/mol. The fourth-order valence-electron chi connectivity index (χ4n) is 1.82. The normalized spacial score (nSPS) is 12.2. The summed E-state index contributed by atoms with van der Waals surface area (Å²) in [7, 11) is -3.65. The van der Waals surface area contributed by atoms with Crippen molar-refractivity contribution in [1.29, 1.82) is 0 Å². The van der Waals surface area contributed by atoms with Gasteiger partial charge in [0.25, 0.3) is 0 Å². The summed E-state index contributed by atoms with van der Waals surface area (Å²) in [5, 5.41) is 0.476. The molecule has 0 amide bonds. The largest absolute Gasteiger partial charge is 0.288 e. The fraction of sp³-hybridized carbons (Fsp3) is 0.0625. The van der Waals surface area contributed by atoms with Gasteiger partial charge in [0.2, 0.25) is 5.78 Å². The Hall–Kier alpha value is -1.91. The standard InChI is InChI=1S/C16H13ClO3S/c1-21(19,20)15(11-12-6-5-9-14(17)10-12)16(18)13-7-3-2-4-8-13/h2-11H,1H3/b15-11+. The van der Waals surface area contributed by atoms with Crippen LogP contribution in [0.15, 0.2) is 59.5 Å². The van der Waals surface area contributed by atoms with E-state index in [-0.39, 0.29) is 4.91 Å². The van der Waals surface area contributed by atoms with Gasteiger partial charge in [-0.25, -0.2) is 8.42 Å². The van der Waals surface area contributed by atoms with Crippen LogP contribution in [0.3, 0.4) is 0 Å². The van der Waals surface area contributed by atoms with Crippen LogP contribution in [0.5, 0.6) is 0 Å². The number of benzene rings is 2. The summed E-state index contributed by atoms with van der Waals surface area (Å²) in [6, 6.07) is 15.0. The van der Waals surface area contributed by atoms with Gasteiger partial charge in [-0.2, -0.15) is 0 Å². The van der Waals surface area contributed by atoms with Crippen LogP contribution in [0, 0.1) is 0 Å². The minimum absolute atomic E-state index is 0.254. The second-order valence-corrected chi connectivity index (χ2v) is 6.95. The molecule has 0 saturated carbocycles. The third kappa shape index (κ3) is 4.03. The predicted octanol–water partition coefficient (Wildman–Crippen LogP) is 3.61. The van der Waals surface area contributed by atoms with Crippen molar-refractivity contribution in [2.45, 2.75) is 0 Å². The van der Waals surface area contributed by atoms with Gasteiger partial charge in [-0.15, -0.1) is 0 Å². The van der Waals surface area contributed by atoms with E-state index in [9.17, 15) is 13.2 Å². The van der Waals surface area contributed by atoms with Crippen molar-refractivity contribution in [3.63, 3.8) is 0 Å². The second-order valence-electron chi connectivity index (χ2n) is 4.53. The molecule has 2 rings (SSSR count). The Balaban J connectivity index is 2.53. The summed E-state index contributed by atoms with van der Waals surface area (Å²) in [6.07, 6.45) is 2.36. The monoisotopic (exact) mass is 320 g/mol. The second kappa shape index (κ2) is 6.24. The highest BCUT2D eigenvalue weighted by molar-refractivity contribution is 7.95. The number of hydrogen-bond donors (Lipinski definition) is 0. The van der Waals surface area contributed by atoms with E-state index in [4.69, 9.17) is 11.6 Å².